The van der Waals surface area contributed by atoms with Crippen LogP contribution in [-0.4, -0.2) is 31.7 Å². The van der Waals surface area contributed by atoms with E-state index in [4.69, 9.17) is 0 Å². The van der Waals surface area contributed by atoms with Crippen molar-refractivity contribution in [3.05, 3.63) is 23.9 Å². The summed E-state index contributed by atoms with van der Waals surface area (Å²) in [6, 6.07) is 4.07. The third-order valence-electron chi connectivity index (χ3n) is 2.33. The number of hydrogen-bond acceptors (Lipinski definition) is 6. The third kappa shape index (κ3) is 3.43. The van der Waals surface area contributed by atoms with Crippen LogP contribution in [-0.2, 0) is 12.8 Å². The molecule has 1 N–H and O–H groups in total. The number of anilines is 1. The fraction of sp³-hybridized carbons (Fsp3) is 0.455. The molecule has 2 aromatic heterocycles. The Hall–Kier alpha value is -1.63. The monoisotopic (exact) mass is 264 g/mol. The van der Waals surface area contributed by atoms with Gasteiger partial charge < -0.3 is 5.32 Å². The van der Waals surface area contributed by atoms with Crippen LogP contribution in [0.3, 0.4) is 0 Å². The summed E-state index contributed by atoms with van der Waals surface area (Å²) in [6.07, 6.45) is 2.98. The molecule has 6 nitrogen and oxygen atoms in total. The van der Waals surface area contributed by atoms with Gasteiger partial charge in [-0.25, -0.2) is 9.67 Å². The lowest BCUT2D eigenvalue weighted by Gasteiger charge is -2.04. The number of thioether (sulfide) groups is 1. The number of pyridine rings is 1. The summed E-state index contributed by atoms with van der Waals surface area (Å²) in [4.78, 5) is 4.36. The lowest BCUT2D eigenvalue weighted by molar-refractivity contribution is 0.664. The van der Waals surface area contributed by atoms with Crippen molar-refractivity contribution in [1.82, 2.24) is 25.2 Å². The summed E-state index contributed by atoms with van der Waals surface area (Å²) >= 11 is 1.60. The highest BCUT2D eigenvalue weighted by atomic mass is 32.2. The molecule has 0 aliphatic heterocycles. The Morgan fingerprint density at radius 1 is 1.39 bits per heavy atom. The van der Waals surface area contributed by atoms with Crippen molar-refractivity contribution in [3.8, 4) is 0 Å². The molecule has 2 aromatic rings. The van der Waals surface area contributed by atoms with Crippen LogP contribution in [0.4, 0.5) is 5.82 Å². The number of aromatic nitrogens is 5. The average molecular weight is 264 g/mol. The zero-order valence-corrected chi connectivity index (χ0v) is 11.3. The highest BCUT2D eigenvalue weighted by Gasteiger charge is 2.03. The second-order valence-electron chi connectivity index (χ2n) is 3.85. The van der Waals surface area contributed by atoms with Gasteiger partial charge in [0.2, 0.25) is 5.16 Å². The van der Waals surface area contributed by atoms with Crippen LogP contribution in [0.25, 0.3) is 0 Å². The summed E-state index contributed by atoms with van der Waals surface area (Å²) in [6.45, 7) is 3.08. The van der Waals surface area contributed by atoms with Crippen molar-refractivity contribution in [3.63, 3.8) is 0 Å². The van der Waals surface area contributed by atoms with Crippen LogP contribution in [0.15, 0.2) is 23.5 Å². The number of aryl methyl sites for hydroxylation is 1. The van der Waals surface area contributed by atoms with E-state index in [0.717, 1.165) is 35.3 Å². The highest BCUT2D eigenvalue weighted by molar-refractivity contribution is 7.98. The summed E-state index contributed by atoms with van der Waals surface area (Å²) in [5.74, 6) is 1.74. The SMILES string of the molecule is CCCNc1ccc(CSc2nnnn2C)cn1. The highest BCUT2D eigenvalue weighted by Crippen LogP contribution is 2.19. The maximum absolute atomic E-state index is 4.36. The molecule has 0 aliphatic carbocycles. The molecule has 0 amide bonds. The van der Waals surface area contributed by atoms with Gasteiger partial charge in [-0.1, -0.05) is 24.8 Å². The first-order valence-corrected chi connectivity index (χ1v) is 6.82. The van der Waals surface area contributed by atoms with Crippen LogP contribution in [0, 0.1) is 0 Å². The van der Waals surface area contributed by atoms with E-state index >= 15 is 0 Å². The molecule has 0 radical (unpaired) electrons. The fourth-order valence-electron chi connectivity index (χ4n) is 1.36. The minimum absolute atomic E-state index is 0.809. The van der Waals surface area contributed by atoms with Crippen molar-refractivity contribution < 1.29 is 0 Å². The number of hydrogen-bond donors (Lipinski definition) is 1. The van der Waals surface area contributed by atoms with E-state index in [0.29, 0.717) is 0 Å². The zero-order valence-electron chi connectivity index (χ0n) is 10.5. The van der Waals surface area contributed by atoms with E-state index in [1.807, 2.05) is 19.3 Å². The normalized spacial score (nSPS) is 10.6. The minimum Gasteiger partial charge on any atom is -0.370 e. The minimum atomic E-state index is 0.809. The van der Waals surface area contributed by atoms with Crippen LogP contribution in [0.1, 0.15) is 18.9 Å². The van der Waals surface area contributed by atoms with Gasteiger partial charge in [-0.2, -0.15) is 0 Å². The number of tetrazole rings is 1. The van der Waals surface area contributed by atoms with Gasteiger partial charge in [0.25, 0.3) is 0 Å². The molecular formula is C11H16N6S. The zero-order chi connectivity index (χ0) is 12.8. The molecule has 7 heteroatoms. The molecular weight excluding hydrogens is 248 g/mol. The molecule has 0 atom stereocenters. The third-order valence-corrected chi connectivity index (χ3v) is 3.41. The topological polar surface area (TPSA) is 68.5 Å². The Labute approximate surface area is 110 Å². The van der Waals surface area contributed by atoms with E-state index < -0.39 is 0 Å². The van der Waals surface area contributed by atoms with Crippen LogP contribution in [0.2, 0.25) is 0 Å². The first-order chi connectivity index (χ1) is 8.79. The molecule has 0 fully saturated rings. The Balaban J connectivity index is 1.88. The lowest BCUT2D eigenvalue weighted by atomic mass is 10.3. The maximum atomic E-state index is 4.36. The lowest BCUT2D eigenvalue weighted by Crippen LogP contribution is -2.01. The van der Waals surface area contributed by atoms with Gasteiger partial charge in [0.15, 0.2) is 0 Å². The number of rotatable bonds is 6. The largest absolute Gasteiger partial charge is 0.370 e. The Morgan fingerprint density at radius 2 is 2.28 bits per heavy atom. The average Bonchev–Trinajstić information content (AvgIpc) is 2.81. The predicted octanol–water partition coefficient (Wildman–Crippen LogP) is 1.72. The molecule has 0 aromatic carbocycles. The molecule has 0 saturated carbocycles. The molecule has 2 heterocycles. The Kier molecular flexibility index (Phi) is 4.52. The molecule has 2 rings (SSSR count). The van der Waals surface area contributed by atoms with Gasteiger partial charge in [-0.05, 0) is 28.5 Å². The van der Waals surface area contributed by atoms with Gasteiger partial charge in [-0.3, -0.25) is 0 Å². The quantitative estimate of drug-likeness (QED) is 0.801. The predicted molar refractivity (Wildman–Crippen MR) is 71.4 cm³/mol. The fourth-order valence-corrected chi connectivity index (χ4v) is 2.14. The van der Waals surface area contributed by atoms with Gasteiger partial charge in [-0.15, -0.1) is 5.10 Å². The summed E-state index contributed by atoms with van der Waals surface area (Å²) in [5, 5.41) is 15.4. The van der Waals surface area contributed by atoms with Crippen molar-refractivity contribution in [2.24, 2.45) is 7.05 Å². The van der Waals surface area contributed by atoms with Crippen LogP contribution >= 0.6 is 11.8 Å². The van der Waals surface area contributed by atoms with Crippen LogP contribution < -0.4 is 5.32 Å². The second-order valence-corrected chi connectivity index (χ2v) is 4.79. The summed E-state index contributed by atoms with van der Waals surface area (Å²) in [5.41, 5.74) is 1.16. The molecule has 0 spiro atoms. The first-order valence-electron chi connectivity index (χ1n) is 5.83. The van der Waals surface area contributed by atoms with E-state index in [-0.39, 0.29) is 0 Å². The molecule has 0 unspecified atom stereocenters. The summed E-state index contributed by atoms with van der Waals surface area (Å²) < 4.78 is 1.66. The van der Waals surface area contributed by atoms with E-state index in [1.54, 1.807) is 16.4 Å². The van der Waals surface area contributed by atoms with Gasteiger partial charge in [0.05, 0.1) is 0 Å². The maximum Gasteiger partial charge on any atom is 0.209 e. The molecule has 18 heavy (non-hydrogen) atoms. The Morgan fingerprint density at radius 3 is 2.89 bits per heavy atom. The van der Waals surface area contributed by atoms with Crippen molar-refractivity contribution in [2.45, 2.75) is 24.3 Å². The van der Waals surface area contributed by atoms with E-state index in [1.165, 1.54) is 0 Å². The van der Waals surface area contributed by atoms with Crippen molar-refractivity contribution >= 4 is 17.6 Å². The van der Waals surface area contributed by atoms with E-state index in [2.05, 4.69) is 38.8 Å². The van der Waals surface area contributed by atoms with Crippen LogP contribution in [0.5, 0.6) is 0 Å². The summed E-state index contributed by atoms with van der Waals surface area (Å²) in [7, 11) is 1.83. The number of nitrogens with one attached hydrogen (secondary N) is 1. The molecule has 96 valence electrons. The van der Waals surface area contributed by atoms with Gasteiger partial charge >= 0.3 is 0 Å². The number of nitrogens with zero attached hydrogens (tertiary/aromatic N) is 5. The molecule has 0 bridgehead atoms. The molecule has 0 saturated heterocycles. The first kappa shape index (κ1) is 12.8. The standard InChI is InChI=1S/C11H16N6S/c1-3-6-12-10-5-4-9(7-13-10)8-18-11-14-15-16-17(11)2/h4-5,7H,3,6,8H2,1-2H3,(H,12,13). The van der Waals surface area contributed by atoms with Crippen molar-refractivity contribution in [2.75, 3.05) is 11.9 Å². The second kappa shape index (κ2) is 6.34. The van der Waals surface area contributed by atoms with Gasteiger partial charge in [0.1, 0.15) is 5.82 Å². The van der Waals surface area contributed by atoms with Crippen molar-refractivity contribution in [1.29, 1.82) is 0 Å². The smallest absolute Gasteiger partial charge is 0.209 e. The van der Waals surface area contributed by atoms with Gasteiger partial charge in [0, 0.05) is 25.5 Å². The van der Waals surface area contributed by atoms with E-state index in [9.17, 15) is 0 Å². The molecule has 0 aliphatic rings. The Bertz CT molecular complexity index is 481.